The van der Waals surface area contributed by atoms with Crippen LogP contribution in [0.1, 0.15) is 19.7 Å². The molecule has 2 aromatic heterocycles. The summed E-state index contributed by atoms with van der Waals surface area (Å²) in [6, 6.07) is 8.49. The van der Waals surface area contributed by atoms with Gasteiger partial charge in [0.15, 0.2) is 17.2 Å². The number of urea groups is 1. The molecule has 0 spiro atoms. The van der Waals surface area contributed by atoms with E-state index in [1.165, 1.54) is 25.1 Å². The first-order valence-corrected chi connectivity index (χ1v) is 12.9. The highest BCUT2D eigenvalue weighted by molar-refractivity contribution is 7.92. The number of nitrogens with zero attached hydrogens (tertiary/aromatic N) is 3. The quantitative estimate of drug-likeness (QED) is 0.304. The molecule has 0 fully saturated rings. The van der Waals surface area contributed by atoms with Crippen LogP contribution in [0.15, 0.2) is 48.7 Å². The third-order valence-corrected chi connectivity index (χ3v) is 6.63. The SMILES string of the molecule is CCNC(=O)Nc1cc(-c2cc(NS(=O)(=O)CC)ccc2Oc2ccc(F)cc2F)cn2c(C)nnc12. The Morgan fingerprint density at radius 2 is 1.81 bits per heavy atom. The number of aryl methyl sites for hydroxylation is 1. The molecule has 0 unspecified atom stereocenters. The van der Waals surface area contributed by atoms with Crippen molar-refractivity contribution >= 4 is 33.1 Å². The van der Waals surface area contributed by atoms with Gasteiger partial charge in [-0.1, -0.05) is 0 Å². The third kappa shape index (κ3) is 5.77. The van der Waals surface area contributed by atoms with E-state index in [4.69, 9.17) is 4.74 Å². The van der Waals surface area contributed by atoms with E-state index >= 15 is 0 Å². The van der Waals surface area contributed by atoms with Crippen molar-refractivity contribution in [1.82, 2.24) is 19.9 Å². The zero-order valence-corrected chi connectivity index (χ0v) is 21.0. The van der Waals surface area contributed by atoms with Crippen molar-refractivity contribution in [3.63, 3.8) is 0 Å². The maximum absolute atomic E-state index is 14.4. The minimum atomic E-state index is -3.60. The Morgan fingerprint density at radius 3 is 2.51 bits per heavy atom. The average Bonchev–Trinajstić information content (AvgIpc) is 3.22. The molecule has 0 aliphatic rings. The normalized spacial score (nSPS) is 11.4. The number of benzene rings is 2. The maximum Gasteiger partial charge on any atom is 0.319 e. The van der Waals surface area contributed by atoms with Crippen LogP contribution in [-0.4, -0.2) is 41.3 Å². The van der Waals surface area contributed by atoms with Crippen molar-refractivity contribution in [2.75, 3.05) is 22.3 Å². The second-order valence-corrected chi connectivity index (χ2v) is 9.97. The largest absolute Gasteiger partial charge is 0.454 e. The molecule has 37 heavy (non-hydrogen) atoms. The minimum Gasteiger partial charge on any atom is -0.454 e. The Labute approximate surface area is 211 Å². The van der Waals surface area contributed by atoms with E-state index in [-0.39, 0.29) is 22.9 Å². The van der Waals surface area contributed by atoms with Gasteiger partial charge >= 0.3 is 6.03 Å². The van der Waals surface area contributed by atoms with Crippen LogP contribution in [0.3, 0.4) is 0 Å². The number of carbonyl (C=O) groups excluding carboxylic acids is 1. The third-order valence-electron chi connectivity index (χ3n) is 5.32. The summed E-state index contributed by atoms with van der Waals surface area (Å²) in [4.78, 5) is 12.3. The minimum absolute atomic E-state index is 0.145. The second-order valence-electron chi connectivity index (χ2n) is 7.96. The fraction of sp³-hybridized carbons (Fsp3) is 0.208. The molecule has 0 bridgehead atoms. The average molecular weight is 531 g/mol. The van der Waals surface area contributed by atoms with Crippen molar-refractivity contribution in [3.05, 3.63) is 66.1 Å². The van der Waals surface area contributed by atoms with E-state index in [0.29, 0.717) is 40.9 Å². The van der Waals surface area contributed by atoms with E-state index in [0.717, 1.165) is 12.1 Å². The molecule has 0 aliphatic heterocycles. The van der Waals surface area contributed by atoms with Gasteiger partial charge in [-0.25, -0.2) is 22.0 Å². The predicted octanol–water partition coefficient (Wildman–Crippen LogP) is 4.68. The van der Waals surface area contributed by atoms with Crippen molar-refractivity contribution in [1.29, 1.82) is 0 Å². The molecule has 194 valence electrons. The molecule has 4 aromatic rings. The number of hydrogen-bond donors (Lipinski definition) is 3. The van der Waals surface area contributed by atoms with Gasteiger partial charge < -0.3 is 15.4 Å². The number of aromatic nitrogens is 3. The van der Waals surface area contributed by atoms with E-state index in [1.54, 1.807) is 30.5 Å². The number of ether oxygens (including phenoxy) is 1. The van der Waals surface area contributed by atoms with Gasteiger partial charge in [-0.3, -0.25) is 9.12 Å². The van der Waals surface area contributed by atoms with Gasteiger partial charge in [0.1, 0.15) is 17.4 Å². The lowest BCUT2D eigenvalue weighted by Crippen LogP contribution is -2.28. The van der Waals surface area contributed by atoms with Crippen LogP contribution in [0.2, 0.25) is 0 Å². The lowest BCUT2D eigenvalue weighted by atomic mass is 10.0. The van der Waals surface area contributed by atoms with Gasteiger partial charge in [0.05, 0.1) is 11.4 Å². The maximum atomic E-state index is 14.4. The first-order valence-electron chi connectivity index (χ1n) is 11.3. The zero-order chi connectivity index (χ0) is 26.7. The number of fused-ring (bicyclic) bond motifs is 1. The number of amides is 2. The summed E-state index contributed by atoms with van der Waals surface area (Å²) >= 11 is 0. The van der Waals surface area contributed by atoms with Gasteiger partial charge in [-0.05, 0) is 57.2 Å². The second kappa shape index (κ2) is 10.4. The first kappa shape index (κ1) is 25.8. The van der Waals surface area contributed by atoms with Crippen LogP contribution in [0, 0.1) is 18.6 Å². The highest BCUT2D eigenvalue weighted by atomic mass is 32.2. The Morgan fingerprint density at radius 1 is 1.05 bits per heavy atom. The molecule has 0 atom stereocenters. The summed E-state index contributed by atoms with van der Waals surface area (Å²) in [5.41, 5.74) is 1.76. The van der Waals surface area contributed by atoms with Crippen LogP contribution < -0.4 is 20.1 Å². The summed E-state index contributed by atoms with van der Waals surface area (Å²) in [6.07, 6.45) is 1.68. The number of hydrogen-bond acceptors (Lipinski definition) is 6. The molecule has 0 aliphatic carbocycles. The number of nitrogens with one attached hydrogen (secondary N) is 3. The lowest BCUT2D eigenvalue weighted by molar-refractivity contribution is 0.252. The molecule has 3 N–H and O–H groups in total. The lowest BCUT2D eigenvalue weighted by Gasteiger charge is -2.16. The Kier molecular flexibility index (Phi) is 7.25. The van der Waals surface area contributed by atoms with E-state index < -0.39 is 27.7 Å². The number of halogens is 2. The van der Waals surface area contributed by atoms with Crippen molar-refractivity contribution in [3.8, 4) is 22.6 Å². The first-order chi connectivity index (χ1) is 17.6. The topological polar surface area (TPSA) is 127 Å². The Balaban J connectivity index is 1.89. The highest BCUT2D eigenvalue weighted by Crippen LogP contribution is 2.38. The smallest absolute Gasteiger partial charge is 0.319 e. The summed E-state index contributed by atoms with van der Waals surface area (Å²) in [6.45, 7) is 5.39. The summed E-state index contributed by atoms with van der Waals surface area (Å²) in [5.74, 6) is -1.38. The molecule has 2 aromatic carbocycles. The number of rotatable bonds is 8. The van der Waals surface area contributed by atoms with Gasteiger partial charge in [0, 0.05) is 35.6 Å². The standard InChI is InChI=1S/C24H24F2N6O4S/c1-4-27-24(33)28-20-10-15(13-32-14(3)29-30-23(20)32)18-12-17(31-37(34,35)5-2)7-9-21(18)36-22-8-6-16(25)11-19(22)26/h6-13,31H,4-5H2,1-3H3,(H2,27,28,33). The summed E-state index contributed by atoms with van der Waals surface area (Å²) in [7, 11) is -3.60. The monoisotopic (exact) mass is 530 g/mol. The van der Waals surface area contributed by atoms with Crippen molar-refractivity contribution in [2.45, 2.75) is 20.8 Å². The number of sulfonamides is 1. The van der Waals surface area contributed by atoms with Gasteiger partial charge in [-0.15, -0.1) is 10.2 Å². The molecule has 0 saturated heterocycles. The highest BCUT2D eigenvalue weighted by Gasteiger charge is 2.18. The van der Waals surface area contributed by atoms with E-state index in [9.17, 15) is 22.0 Å². The molecular formula is C24H24F2N6O4S. The Hall–Kier alpha value is -4.26. The fourth-order valence-corrected chi connectivity index (χ4v) is 4.14. The van der Waals surface area contributed by atoms with Gasteiger partial charge in [0.25, 0.3) is 0 Å². The molecule has 4 rings (SSSR count). The van der Waals surface area contributed by atoms with Gasteiger partial charge in [0.2, 0.25) is 10.0 Å². The molecule has 2 amide bonds. The molecular weight excluding hydrogens is 506 g/mol. The predicted molar refractivity (Wildman–Crippen MR) is 135 cm³/mol. The van der Waals surface area contributed by atoms with Crippen LogP contribution >= 0.6 is 0 Å². The molecule has 13 heteroatoms. The summed E-state index contributed by atoms with van der Waals surface area (Å²) in [5, 5.41) is 13.5. The number of pyridine rings is 1. The van der Waals surface area contributed by atoms with E-state index in [1.807, 2.05) is 0 Å². The van der Waals surface area contributed by atoms with Crippen molar-refractivity contribution < 1.29 is 26.7 Å². The van der Waals surface area contributed by atoms with Crippen LogP contribution in [-0.2, 0) is 10.0 Å². The van der Waals surface area contributed by atoms with Crippen LogP contribution in [0.25, 0.3) is 16.8 Å². The fourth-order valence-electron chi connectivity index (χ4n) is 3.51. The Bertz CT molecular complexity index is 1590. The molecule has 10 nitrogen and oxygen atoms in total. The van der Waals surface area contributed by atoms with Crippen LogP contribution in [0.5, 0.6) is 11.5 Å². The molecule has 2 heterocycles. The number of carbonyl (C=O) groups is 1. The summed E-state index contributed by atoms with van der Waals surface area (Å²) < 4.78 is 62.1. The van der Waals surface area contributed by atoms with Crippen LogP contribution in [0.4, 0.5) is 25.0 Å². The zero-order valence-electron chi connectivity index (χ0n) is 20.2. The van der Waals surface area contributed by atoms with Gasteiger partial charge in [-0.2, -0.15) is 0 Å². The van der Waals surface area contributed by atoms with E-state index in [2.05, 4.69) is 25.6 Å². The molecule has 0 radical (unpaired) electrons. The number of anilines is 2. The molecule has 0 saturated carbocycles. The van der Waals surface area contributed by atoms with Crippen molar-refractivity contribution in [2.24, 2.45) is 0 Å².